The molecular weight excluding hydrogens is 190 g/mol. The van der Waals surface area contributed by atoms with Gasteiger partial charge < -0.3 is 9.94 Å². The minimum atomic E-state index is 0.702. The molecular formula is C12H11NO2. The van der Waals surface area contributed by atoms with E-state index in [1.807, 2.05) is 37.3 Å². The molecule has 76 valence electrons. The first-order valence-electron chi connectivity index (χ1n) is 4.68. The summed E-state index contributed by atoms with van der Waals surface area (Å²) >= 11 is 0. The normalized spacial score (nSPS) is 9.93. The van der Waals surface area contributed by atoms with E-state index in [2.05, 4.69) is 0 Å². The van der Waals surface area contributed by atoms with Crippen molar-refractivity contribution in [2.24, 2.45) is 0 Å². The Morgan fingerprint density at radius 1 is 1.13 bits per heavy atom. The van der Waals surface area contributed by atoms with Crippen LogP contribution in [0.15, 0.2) is 48.8 Å². The van der Waals surface area contributed by atoms with Crippen LogP contribution in [0.4, 0.5) is 0 Å². The molecule has 0 aliphatic carbocycles. The summed E-state index contributed by atoms with van der Waals surface area (Å²) in [5, 5.41) is 11.0. The fraction of sp³-hybridized carbons (Fsp3) is 0.0833. The molecule has 0 fully saturated rings. The van der Waals surface area contributed by atoms with Crippen molar-refractivity contribution in [3.63, 3.8) is 0 Å². The maximum Gasteiger partial charge on any atom is 0.186 e. The summed E-state index contributed by atoms with van der Waals surface area (Å²) in [5.74, 6) is 1.47. The SMILES string of the molecule is Cc1c[n+]([O-])ccc1Oc1ccccc1. The van der Waals surface area contributed by atoms with E-state index < -0.39 is 0 Å². The molecule has 0 atom stereocenters. The van der Waals surface area contributed by atoms with Crippen LogP contribution < -0.4 is 9.47 Å². The highest BCUT2D eigenvalue weighted by Gasteiger charge is 2.03. The Hall–Kier alpha value is -2.03. The van der Waals surface area contributed by atoms with Gasteiger partial charge in [-0.25, -0.2) is 0 Å². The molecule has 3 heteroatoms. The molecule has 0 saturated carbocycles. The average molecular weight is 201 g/mol. The van der Waals surface area contributed by atoms with E-state index in [0.717, 1.165) is 16.0 Å². The quantitative estimate of drug-likeness (QED) is 0.552. The highest BCUT2D eigenvalue weighted by molar-refractivity contribution is 5.33. The van der Waals surface area contributed by atoms with Gasteiger partial charge in [-0.05, 0) is 19.1 Å². The number of nitrogens with zero attached hydrogens (tertiary/aromatic N) is 1. The van der Waals surface area contributed by atoms with Crippen molar-refractivity contribution in [3.8, 4) is 11.5 Å². The lowest BCUT2D eigenvalue weighted by Gasteiger charge is -2.07. The molecule has 0 bridgehead atoms. The number of aromatic nitrogens is 1. The van der Waals surface area contributed by atoms with Crippen molar-refractivity contribution in [2.45, 2.75) is 6.92 Å². The Balaban J connectivity index is 2.25. The third-order valence-corrected chi connectivity index (χ3v) is 2.05. The van der Waals surface area contributed by atoms with Gasteiger partial charge in [0.1, 0.15) is 11.5 Å². The van der Waals surface area contributed by atoms with E-state index in [1.165, 1.54) is 12.4 Å². The van der Waals surface area contributed by atoms with Gasteiger partial charge in [-0.2, -0.15) is 4.73 Å². The van der Waals surface area contributed by atoms with Gasteiger partial charge in [-0.3, -0.25) is 0 Å². The van der Waals surface area contributed by atoms with Crippen molar-refractivity contribution in [2.75, 3.05) is 0 Å². The zero-order valence-electron chi connectivity index (χ0n) is 8.38. The van der Waals surface area contributed by atoms with Crippen molar-refractivity contribution in [3.05, 3.63) is 59.6 Å². The van der Waals surface area contributed by atoms with Gasteiger partial charge in [0.25, 0.3) is 0 Å². The van der Waals surface area contributed by atoms with E-state index in [0.29, 0.717) is 5.75 Å². The van der Waals surface area contributed by atoms with Gasteiger partial charge in [0.2, 0.25) is 0 Å². The maximum absolute atomic E-state index is 11.0. The molecule has 0 unspecified atom stereocenters. The number of benzene rings is 1. The number of hydrogen-bond donors (Lipinski definition) is 0. The van der Waals surface area contributed by atoms with Crippen molar-refractivity contribution < 1.29 is 9.47 Å². The molecule has 2 aromatic rings. The Morgan fingerprint density at radius 2 is 1.87 bits per heavy atom. The van der Waals surface area contributed by atoms with Crippen molar-refractivity contribution in [1.29, 1.82) is 0 Å². The van der Waals surface area contributed by atoms with Crippen molar-refractivity contribution in [1.82, 2.24) is 0 Å². The number of pyridine rings is 1. The van der Waals surface area contributed by atoms with Gasteiger partial charge in [0.05, 0.1) is 5.56 Å². The van der Waals surface area contributed by atoms with Crippen LogP contribution in [0.2, 0.25) is 0 Å². The number of aryl methyl sites for hydroxylation is 1. The Kier molecular flexibility index (Phi) is 2.54. The number of hydrogen-bond acceptors (Lipinski definition) is 2. The molecule has 1 aromatic carbocycles. The second-order valence-corrected chi connectivity index (χ2v) is 3.27. The zero-order valence-corrected chi connectivity index (χ0v) is 8.38. The smallest absolute Gasteiger partial charge is 0.186 e. The van der Waals surface area contributed by atoms with Crippen LogP contribution >= 0.6 is 0 Å². The molecule has 3 nitrogen and oxygen atoms in total. The summed E-state index contributed by atoms with van der Waals surface area (Å²) in [6.45, 7) is 1.84. The highest BCUT2D eigenvalue weighted by atomic mass is 16.5. The lowest BCUT2D eigenvalue weighted by molar-refractivity contribution is -0.605. The Labute approximate surface area is 88.1 Å². The van der Waals surface area contributed by atoms with Crippen LogP contribution in [0.3, 0.4) is 0 Å². The fourth-order valence-corrected chi connectivity index (χ4v) is 1.30. The first kappa shape index (κ1) is 9.52. The molecule has 0 radical (unpaired) electrons. The minimum absolute atomic E-state index is 0.702. The van der Waals surface area contributed by atoms with Crippen molar-refractivity contribution >= 4 is 0 Å². The second-order valence-electron chi connectivity index (χ2n) is 3.27. The molecule has 0 aliphatic heterocycles. The molecule has 1 heterocycles. The van der Waals surface area contributed by atoms with Crippen LogP contribution in [0.5, 0.6) is 11.5 Å². The van der Waals surface area contributed by atoms with E-state index in [1.54, 1.807) is 6.07 Å². The molecule has 15 heavy (non-hydrogen) atoms. The lowest BCUT2D eigenvalue weighted by Crippen LogP contribution is -2.24. The highest BCUT2D eigenvalue weighted by Crippen LogP contribution is 2.22. The van der Waals surface area contributed by atoms with Crippen LogP contribution in [-0.4, -0.2) is 0 Å². The Bertz CT molecular complexity index is 454. The summed E-state index contributed by atoms with van der Waals surface area (Å²) in [6, 6.07) is 11.1. The third kappa shape index (κ3) is 2.26. The summed E-state index contributed by atoms with van der Waals surface area (Å²) in [5.41, 5.74) is 0.816. The van der Waals surface area contributed by atoms with Gasteiger partial charge in [0, 0.05) is 6.07 Å². The Morgan fingerprint density at radius 3 is 2.53 bits per heavy atom. The standard InChI is InChI=1S/C12H11NO2/c1-10-9-13(14)8-7-12(10)15-11-5-3-2-4-6-11/h2-9H,1H3. The summed E-state index contributed by atoms with van der Waals surface area (Å²) in [4.78, 5) is 0. The van der Waals surface area contributed by atoms with E-state index in [-0.39, 0.29) is 0 Å². The molecule has 0 aliphatic rings. The van der Waals surface area contributed by atoms with E-state index in [9.17, 15) is 5.21 Å². The largest absolute Gasteiger partial charge is 0.619 e. The molecule has 1 aromatic heterocycles. The topological polar surface area (TPSA) is 36.2 Å². The van der Waals surface area contributed by atoms with E-state index >= 15 is 0 Å². The summed E-state index contributed by atoms with van der Waals surface area (Å²) in [6.07, 6.45) is 2.91. The van der Waals surface area contributed by atoms with Gasteiger partial charge in [0.15, 0.2) is 12.4 Å². The minimum Gasteiger partial charge on any atom is -0.619 e. The lowest BCUT2D eigenvalue weighted by atomic mass is 10.3. The number of rotatable bonds is 2. The van der Waals surface area contributed by atoms with Gasteiger partial charge in [-0.15, -0.1) is 0 Å². The molecule has 0 N–H and O–H groups in total. The second kappa shape index (κ2) is 4.00. The monoisotopic (exact) mass is 201 g/mol. The predicted octanol–water partition coefficient (Wildman–Crippen LogP) is 2.42. The molecule has 0 spiro atoms. The molecule has 2 rings (SSSR count). The van der Waals surface area contributed by atoms with Gasteiger partial charge >= 0.3 is 0 Å². The number of para-hydroxylation sites is 1. The maximum atomic E-state index is 11.0. The van der Waals surface area contributed by atoms with Gasteiger partial charge in [-0.1, -0.05) is 18.2 Å². The van der Waals surface area contributed by atoms with E-state index in [4.69, 9.17) is 4.74 Å². The predicted molar refractivity (Wildman–Crippen MR) is 56.7 cm³/mol. The summed E-state index contributed by atoms with van der Waals surface area (Å²) < 4.78 is 6.37. The van der Waals surface area contributed by atoms with Crippen LogP contribution in [0.25, 0.3) is 0 Å². The van der Waals surface area contributed by atoms with Crippen LogP contribution in [0, 0.1) is 12.1 Å². The first-order valence-corrected chi connectivity index (χ1v) is 4.68. The summed E-state index contributed by atoms with van der Waals surface area (Å²) in [7, 11) is 0. The average Bonchev–Trinajstić information content (AvgIpc) is 2.24. The van der Waals surface area contributed by atoms with Crippen LogP contribution in [0.1, 0.15) is 5.56 Å². The zero-order chi connectivity index (χ0) is 10.7. The number of ether oxygens (including phenoxy) is 1. The fourth-order valence-electron chi connectivity index (χ4n) is 1.30. The first-order chi connectivity index (χ1) is 7.25. The third-order valence-electron chi connectivity index (χ3n) is 2.05. The van der Waals surface area contributed by atoms with Crippen LogP contribution in [-0.2, 0) is 0 Å². The molecule has 0 saturated heterocycles. The molecule has 0 amide bonds.